The van der Waals surface area contributed by atoms with Gasteiger partial charge in [-0.3, -0.25) is 4.79 Å². The minimum atomic E-state index is -3.36. The van der Waals surface area contributed by atoms with Gasteiger partial charge in [-0.1, -0.05) is 12.1 Å². The van der Waals surface area contributed by atoms with Crippen molar-refractivity contribution in [1.82, 2.24) is 14.3 Å². The standard InChI is InChI=1S/C29H35FN4O3S/c1-18(2)38(36,37)34-14-11-26-27(16-34)32-29(31-26)25-15-23(17-35)19(3)28(20(25)4)33-12-9-22(10-13-33)21-5-7-24(30)8-6-21/h5-8,15,17-18,22H,9-14,16H2,1-4H3,(H,31,32). The molecule has 7 nitrogen and oxygen atoms in total. The van der Waals surface area contributed by atoms with E-state index in [0.29, 0.717) is 30.3 Å². The van der Waals surface area contributed by atoms with Crippen LogP contribution >= 0.6 is 0 Å². The van der Waals surface area contributed by atoms with Gasteiger partial charge in [0.15, 0.2) is 0 Å². The van der Waals surface area contributed by atoms with Gasteiger partial charge in [0.2, 0.25) is 10.0 Å². The van der Waals surface area contributed by atoms with Crippen molar-refractivity contribution in [2.24, 2.45) is 0 Å². The van der Waals surface area contributed by atoms with Crippen molar-refractivity contribution < 1.29 is 17.6 Å². The van der Waals surface area contributed by atoms with Crippen LogP contribution in [0.25, 0.3) is 11.4 Å². The second-order valence-electron chi connectivity index (χ2n) is 10.7. The summed E-state index contributed by atoms with van der Waals surface area (Å²) < 4.78 is 40.4. The Hall–Kier alpha value is -3.04. The number of H-pyrrole nitrogens is 1. The molecule has 2 aromatic carbocycles. The molecule has 0 unspecified atom stereocenters. The molecule has 0 spiro atoms. The fourth-order valence-electron chi connectivity index (χ4n) is 5.84. The third-order valence-electron chi connectivity index (χ3n) is 8.13. The minimum absolute atomic E-state index is 0.218. The van der Waals surface area contributed by atoms with E-state index in [-0.39, 0.29) is 12.4 Å². The molecule has 1 aromatic heterocycles. The molecule has 0 saturated carbocycles. The van der Waals surface area contributed by atoms with Crippen LogP contribution in [-0.4, -0.2) is 53.9 Å². The number of hydrogen-bond donors (Lipinski definition) is 1. The van der Waals surface area contributed by atoms with Crippen LogP contribution in [-0.2, 0) is 23.0 Å². The minimum Gasteiger partial charge on any atom is -0.371 e. The number of hydrogen-bond acceptors (Lipinski definition) is 5. The van der Waals surface area contributed by atoms with E-state index in [9.17, 15) is 17.6 Å². The first kappa shape index (κ1) is 26.6. The predicted octanol–water partition coefficient (Wildman–Crippen LogP) is 5.13. The van der Waals surface area contributed by atoms with Gasteiger partial charge in [-0.05, 0) is 81.3 Å². The van der Waals surface area contributed by atoms with E-state index < -0.39 is 15.3 Å². The number of carbonyl (C=O) groups is 1. The van der Waals surface area contributed by atoms with Gasteiger partial charge in [-0.25, -0.2) is 17.8 Å². The van der Waals surface area contributed by atoms with Crippen LogP contribution in [0.15, 0.2) is 30.3 Å². The van der Waals surface area contributed by atoms with Crippen LogP contribution in [0.3, 0.4) is 0 Å². The van der Waals surface area contributed by atoms with Gasteiger partial charge in [0.05, 0.1) is 23.2 Å². The van der Waals surface area contributed by atoms with Gasteiger partial charge in [-0.15, -0.1) is 0 Å². The quantitative estimate of drug-likeness (QED) is 0.440. The second-order valence-corrected chi connectivity index (χ2v) is 13.2. The first-order valence-corrected chi connectivity index (χ1v) is 14.8. The summed E-state index contributed by atoms with van der Waals surface area (Å²) in [5, 5.41) is -0.476. The molecule has 0 amide bonds. The van der Waals surface area contributed by atoms with Crippen molar-refractivity contribution in [3.63, 3.8) is 0 Å². The lowest BCUT2D eigenvalue weighted by molar-refractivity contribution is 0.112. The molecular weight excluding hydrogens is 503 g/mol. The molecule has 2 aliphatic rings. The topological polar surface area (TPSA) is 86.4 Å². The Balaban J connectivity index is 1.44. The zero-order valence-electron chi connectivity index (χ0n) is 22.4. The number of aldehydes is 1. The van der Waals surface area contributed by atoms with Crippen molar-refractivity contribution in [3.05, 3.63) is 69.8 Å². The summed E-state index contributed by atoms with van der Waals surface area (Å²) in [6.45, 7) is 9.81. The smallest absolute Gasteiger partial charge is 0.216 e. The first-order chi connectivity index (χ1) is 18.1. The zero-order valence-corrected chi connectivity index (χ0v) is 23.2. The zero-order chi connectivity index (χ0) is 27.2. The highest BCUT2D eigenvalue weighted by molar-refractivity contribution is 7.89. The molecule has 0 bridgehead atoms. The van der Waals surface area contributed by atoms with Crippen molar-refractivity contribution in [1.29, 1.82) is 0 Å². The number of anilines is 1. The Morgan fingerprint density at radius 2 is 1.76 bits per heavy atom. The number of carbonyl (C=O) groups excluding carboxylic acids is 1. The Morgan fingerprint density at radius 1 is 1.08 bits per heavy atom. The number of piperidine rings is 1. The summed E-state index contributed by atoms with van der Waals surface area (Å²) in [6.07, 6.45) is 3.33. The Bertz CT molecular complexity index is 1460. The number of aromatic amines is 1. The summed E-state index contributed by atoms with van der Waals surface area (Å²) >= 11 is 0. The van der Waals surface area contributed by atoms with Gasteiger partial charge in [0.25, 0.3) is 0 Å². The average Bonchev–Trinajstić information content (AvgIpc) is 3.33. The maximum atomic E-state index is 13.4. The van der Waals surface area contributed by atoms with Gasteiger partial charge in [-0.2, -0.15) is 4.31 Å². The Kier molecular flexibility index (Phi) is 7.17. The SMILES string of the molecule is Cc1c(C=O)cc(-c2nc3c([nH]2)CN(S(=O)(=O)C(C)C)CC3)c(C)c1N1CCC(c2ccc(F)cc2)CC1. The summed E-state index contributed by atoms with van der Waals surface area (Å²) in [6, 6.07) is 8.69. The number of nitrogens with zero attached hydrogens (tertiary/aromatic N) is 3. The van der Waals surface area contributed by atoms with Crippen LogP contribution in [0.4, 0.5) is 10.1 Å². The van der Waals surface area contributed by atoms with Gasteiger partial charge < -0.3 is 9.88 Å². The Morgan fingerprint density at radius 3 is 2.39 bits per heavy atom. The normalized spacial score (nSPS) is 17.2. The summed E-state index contributed by atoms with van der Waals surface area (Å²) in [5.41, 5.74) is 7.39. The number of benzene rings is 2. The maximum absolute atomic E-state index is 13.4. The molecular formula is C29H35FN4O3S. The monoisotopic (exact) mass is 538 g/mol. The molecule has 202 valence electrons. The molecule has 2 aliphatic heterocycles. The van der Waals surface area contributed by atoms with E-state index >= 15 is 0 Å². The number of halogens is 1. The number of fused-ring (bicyclic) bond motifs is 1. The molecule has 0 atom stereocenters. The third-order valence-corrected chi connectivity index (χ3v) is 10.4. The van der Waals surface area contributed by atoms with Crippen molar-refractivity contribution in [2.45, 2.75) is 64.7 Å². The van der Waals surface area contributed by atoms with E-state index in [1.165, 1.54) is 16.4 Å². The maximum Gasteiger partial charge on any atom is 0.216 e. The second kappa shape index (κ2) is 10.3. The van der Waals surface area contributed by atoms with Gasteiger partial charge in [0, 0.05) is 42.9 Å². The van der Waals surface area contributed by atoms with E-state index in [4.69, 9.17) is 4.98 Å². The van der Waals surface area contributed by atoms with Gasteiger partial charge in [0.1, 0.15) is 17.9 Å². The summed E-state index contributed by atoms with van der Waals surface area (Å²) in [5.74, 6) is 0.828. The van der Waals surface area contributed by atoms with Crippen LogP contribution in [0.1, 0.15) is 71.0 Å². The molecule has 3 aromatic rings. The van der Waals surface area contributed by atoms with Crippen molar-refractivity contribution >= 4 is 22.0 Å². The van der Waals surface area contributed by atoms with E-state index in [0.717, 1.165) is 71.5 Å². The summed E-state index contributed by atoms with van der Waals surface area (Å²) in [4.78, 5) is 22.7. The lowest BCUT2D eigenvalue weighted by Gasteiger charge is -2.36. The van der Waals surface area contributed by atoms with E-state index in [1.54, 1.807) is 13.8 Å². The lowest BCUT2D eigenvalue weighted by atomic mass is 9.88. The molecule has 38 heavy (non-hydrogen) atoms. The van der Waals surface area contributed by atoms with Crippen LogP contribution in [0, 0.1) is 19.7 Å². The molecule has 1 N–H and O–H groups in total. The number of aromatic nitrogens is 2. The lowest BCUT2D eigenvalue weighted by Crippen LogP contribution is -2.39. The number of sulfonamides is 1. The molecule has 5 rings (SSSR count). The van der Waals surface area contributed by atoms with Crippen LogP contribution < -0.4 is 4.90 Å². The van der Waals surface area contributed by atoms with Crippen LogP contribution in [0.2, 0.25) is 0 Å². The molecule has 1 fully saturated rings. The number of imidazole rings is 1. The number of nitrogens with one attached hydrogen (secondary N) is 1. The fraction of sp³-hybridized carbons (Fsp3) is 0.448. The highest BCUT2D eigenvalue weighted by Crippen LogP contribution is 2.39. The molecule has 3 heterocycles. The molecule has 0 aliphatic carbocycles. The predicted molar refractivity (Wildman–Crippen MR) is 148 cm³/mol. The third kappa shape index (κ3) is 4.78. The van der Waals surface area contributed by atoms with E-state index in [1.807, 2.05) is 25.1 Å². The van der Waals surface area contributed by atoms with E-state index in [2.05, 4.69) is 16.8 Å². The van der Waals surface area contributed by atoms with Crippen LogP contribution in [0.5, 0.6) is 0 Å². The fourth-order valence-corrected chi connectivity index (χ4v) is 7.09. The average molecular weight is 539 g/mol. The van der Waals surface area contributed by atoms with Gasteiger partial charge >= 0.3 is 0 Å². The highest BCUT2D eigenvalue weighted by Gasteiger charge is 2.32. The van der Waals surface area contributed by atoms with Crippen molar-refractivity contribution in [2.75, 3.05) is 24.5 Å². The number of rotatable bonds is 6. The Labute approximate surface area is 224 Å². The molecule has 1 saturated heterocycles. The largest absolute Gasteiger partial charge is 0.371 e. The first-order valence-electron chi connectivity index (χ1n) is 13.3. The molecule has 9 heteroatoms. The van der Waals surface area contributed by atoms with Crippen molar-refractivity contribution in [3.8, 4) is 11.4 Å². The summed E-state index contributed by atoms with van der Waals surface area (Å²) in [7, 11) is -3.36. The highest BCUT2D eigenvalue weighted by atomic mass is 32.2. The molecule has 0 radical (unpaired) electrons.